The van der Waals surface area contributed by atoms with Gasteiger partial charge in [-0.3, -0.25) is 14.9 Å². The van der Waals surface area contributed by atoms with Crippen molar-refractivity contribution in [1.82, 2.24) is 9.47 Å². The van der Waals surface area contributed by atoms with Crippen LogP contribution in [0, 0.1) is 15.9 Å². The fourth-order valence-corrected chi connectivity index (χ4v) is 5.92. The summed E-state index contributed by atoms with van der Waals surface area (Å²) in [6, 6.07) is 31.6. The van der Waals surface area contributed by atoms with Crippen LogP contribution in [-0.2, 0) is 11.3 Å². The van der Waals surface area contributed by atoms with E-state index in [1.54, 1.807) is 24.3 Å². The Morgan fingerprint density at radius 3 is 2.21 bits per heavy atom. The number of amides is 1. The van der Waals surface area contributed by atoms with Crippen molar-refractivity contribution in [2.45, 2.75) is 18.9 Å². The molecule has 1 aliphatic rings. The first-order valence-corrected chi connectivity index (χ1v) is 14.1. The van der Waals surface area contributed by atoms with E-state index in [0.717, 1.165) is 27.6 Å². The first kappa shape index (κ1) is 27.2. The molecule has 1 atom stereocenters. The van der Waals surface area contributed by atoms with Gasteiger partial charge in [-0.15, -0.1) is 0 Å². The summed E-state index contributed by atoms with van der Waals surface area (Å²) in [5.41, 5.74) is 4.42. The highest BCUT2D eigenvalue weighted by Gasteiger charge is 2.28. The van der Waals surface area contributed by atoms with Gasteiger partial charge in [0, 0.05) is 74.3 Å². The summed E-state index contributed by atoms with van der Waals surface area (Å²) in [6.07, 6.45) is 2.26. The fourth-order valence-electron chi connectivity index (χ4n) is 5.92. The van der Waals surface area contributed by atoms with Crippen molar-refractivity contribution in [3.05, 3.63) is 142 Å². The Bertz CT molecular complexity index is 1710. The lowest BCUT2D eigenvalue weighted by molar-refractivity contribution is -0.384. The Hall–Kier alpha value is -4.98. The van der Waals surface area contributed by atoms with Gasteiger partial charge in [0.25, 0.3) is 5.69 Å². The Kier molecular flexibility index (Phi) is 7.68. The zero-order chi connectivity index (χ0) is 29.1. The summed E-state index contributed by atoms with van der Waals surface area (Å²) in [5.74, 6) is -0.557. The molecule has 0 N–H and O–H groups in total. The molecule has 1 saturated heterocycles. The van der Waals surface area contributed by atoms with E-state index in [0.29, 0.717) is 38.4 Å². The van der Waals surface area contributed by atoms with Crippen LogP contribution in [0.25, 0.3) is 10.9 Å². The minimum absolute atomic E-state index is 0.00595. The van der Waals surface area contributed by atoms with E-state index in [2.05, 4.69) is 16.7 Å². The topological polar surface area (TPSA) is 71.6 Å². The highest BCUT2D eigenvalue weighted by atomic mass is 19.1. The minimum Gasteiger partial charge on any atom is -0.366 e. The van der Waals surface area contributed by atoms with Crippen LogP contribution in [0.2, 0.25) is 0 Å². The van der Waals surface area contributed by atoms with Crippen molar-refractivity contribution >= 4 is 28.2 Å². The third-order valence-electron chi connectivity index (χ3n) is 8.08. The van der Waals surface area contributed by atoms with Gasteiger partial charge in [-0.2, -0.15) is 0 Å². The smallest absolute Gasteiger partial charge is 0.270 e. The molecule has 1 amide bonds. The number of para-hydroxylation sites is 1. The van der Waals surface area contributed by atoms with Crippen molar-refractivity contribution in [2.75, 3.05) is 31.1 Å². The van der Waals surface area contributed by atoms with Crippen LogP contribution in [0.1, 0.15) is 29.0 Å². The van der Waals surface area contributed by atoms with Gasteiger partial charge >= 0.3 is 0 Å². The molecule has 4 aromatic carbocycles. The summed E-state index contributed by atoms with van der Waals surface area (Å²) in [4.78, 5) is 29.0. The maximum atomic E-state index is 14.4. The zero-order valence-electron chi connectivity index (χ0n) is 23.1. The Morgan fingerprint density at radius 2 is 1.52 bits per heavy atom. The van der Waals surface area contributed by atoms with E-state index < -0.39 is 0 Å². The number of hydrogen-bond donors (Lipinski definition) is 0. The van der Waals surface area contributed by atoms with Crippen LogP contribution in [-0.4, -0.2) is 46.5 Å². The van der Waals surface area contributed by atoms with Crippen LogP contribution >= 0.6 is 0 Å². The Labute approximate surface area is 243 Å². The van der Waals surface area contributed by atoms with Gasteiger partial charge in [0.2, 0.25) is 5.91 Å². The molecule has 0 spiro atoms. The van der Waals surface area contributed by atoms with E-state index in [-0.39, 0.29) is 34.7 Å². The van der Waals surface area contributed by atoms with Crippen molar-refractivity contribution < 1.29 is 14.1 Å². The second-order valence-corrected chi connectivity index (χ2v) is 10.6. The fraction of sp³-hybridized carbons (Fsp3) is 0.206. The zero-order valence-corrected chi connectivity index (χ0v) is 23.1. The highest BCUT2D eigenvalue weighted by Crippen LogP contribution is 2.37. The number of fused-ring (bicyclic) bond motifs is 1. The number of carbonyl (C=O) groups is 1. The maximum absolute atomic E-state index is 14.4. The largest absolute Gasteiger partial charge is 0.366 e. The summed E-state index contributed by atoms with van der Waals surface area (Å²) in [7, 11) is 0. The van der Waals surface area contributed by atoms with E-state index >= 15 is 0 Å². The molecule has 1 unspecified atom stereocenters. The van der Waals surface area contributed by atoms with Crippen molar-refractivity contribution in [2.24, 2.45) is 0 Å². The second-order valence-electron chi connectivity index (χ2n) is 10.6. The molecule has 0 radical (unpaired) electrons. The molecule has 6 rings (SSSR count). The third-order valence-corrected chi connectivity index (χ3v) is 8.08. The average Bonchev–Trinajstić information content (AvgIpc) is 3.38. The minimum atomic E-state index is -0.379. The molecule has 1 fully saturated rings. The maximum Gasteiger partial charge on any atom is 0.270 e. The number of rotatable bonds is 8. The molecule has 0 saturated carbocycles. The highest BCUT2D eigenvalue weighted by molar-refractivity contribution is 5.88. The number of anilines is 1. The van der Waals surface area contributed by atoms with E-state index in [4.69, 9.17) is 0 Å². The number of aromatic nitrogens is 1. The average molecular weight is 563 g/mol. The molecule has 5 aromatic rings. The monoisotopic (exact) mass is 562 g/mol. The molecule has 0 aliphatic carbocycles. The standard InChI is InChI=1S/C34H31FN4O3/c35-31-13-7-8-14-33(31)36-17-19-37(20-18-36)34(40)22-28(26-11-5-2-6-12-26)30-24-38(23-25-9-3-1-4-10-25)32-16-15-27(39(41)42)21-29(30)32/h1-16,21,24,28H,17-20,22-23H2. The number of nitrogens with zero attached hydrogens (tertiary/aromatic N) is 4. The molecular formula is C34H31FN4O3. The number of nitro groups is 1. The first-order chi connectivity index (χ1) is 20.5. The van der Waals surface area contributed by atoms with Gasteiger partial charge in [-0.1, -0.05) is 72.8 Å². The van der Waals surface area contributed by atoms with Gasteiger partial charge in [0.15, 0.2) is 0 Å². The Morgan fingerprint density at radius 1 is 0.857 bits per heavy atom. The van der Waals surface area contributed by atoms with Gasteiger partial charge in [-0.05, 0) is 34.9 Å². The van der Waals surface area contributed by atoms with E-state index in [1.165, 1.54) is 12.1 Å². The van der Waals surface area contributed by atoms with Crippen molar-refractivity contribution in [1.29, 1.82) is 0 Å². The normalized spacial score (nSPS) is 14.2. The number of carbonyl (C=O) groups excluding carboxylic acids is 1. The number of nitro benzene ring substituents is 1. The molecule has 1 aliphatic heterocycles. The molecule has 8 heteroatoms. The van der Waals surface area contributed by atoms with Crippen LogP contribution in [0.3, 0.4) is 0 Å². The quantitative estimate of drug-likeness (QED) is 0.158. The number of benzene rings is 4. The van der Waals surface area contributed by atoms with Gasteiger partial charge in [0.05, 0.1) is 10.6 Å². The second kappa shape index (κ2) is 11.9. The lowest BCUT2D eigenvalue weighted by Gasteiger charge is -2.36. The first-order valence-electron chi connectivity index (χ1n) is 14.1. The lowest BCUT2D eigenvalue weighted by atomic mass is 9.87. The van der Waals surface area contributed by atoms with Crippen LogP contribution < -0.4 is 4.90 Å². The predicted octanol–water partition coefficient (Wildman–Crippen LogP) is 6.61. The van der Waals surface area contributed by atoms with Crippen molar-refractivity contribution in [3.8, 4) is 0 Å². The van der Waals surface area contributed by atoms with Crippen molar-refractivity contribution in [3.63, 3.8) is 0 Å². The van der Waals surface area contributed by atoms with E-state index in [1.807, 2.05) is 70.6 Å². The summed E-state index contributed by atoms with van der Waals surface area (Å²) < 4.78 is 16.5. The number of piperazine rings is 1. The summed E-state index contributed by atoms with van der Waals surface area (Å²) in [6.45, 7) is 2.69. The molecule has 7 nitrogen and oxygen atoms in total. The SMILES string of the molecule is O=C(CC(c1ccccc1)c1cn(Cc2ccccc2)c2ccc([N+](=O)[O-])cc12)N1CCN(c2ccccc2F)CC1. The molecule has 2 heterocycles. The van der Waals surface area contributed by atoms with Crippen LogP contribution in [0.15, 0.2) is 109 Å². The Balaban J connectivity index is 1.33. The number of hydrogen-bond acceptors (Lipinski definition) is 4. The van der Waals surface area contributed by atoms with Gasteiger partial charge in [0.1, 0.15) is 5.82 Å². The van der Waals surface area contributed by atoms with Crippen LogP contribution in [0.4, 0.5) is 15.8 Å². The van der Waals surface area contributed by atoms with Gasteiger partial charge in [-0.25, -0.2) is 4.39 Å². The lowest BCUT2D eigenvalue weighted by Crippen LogP contribution is -2.49. The molecule has 1 aromatic heterocycles. The molecule has 42 heavy (non-hydrogen) atoms. The molecule has 0 bridgehead atoms. The van der Waals surface area contributed by atoms with Crippen LogP contribution in [0.5, 0.6) is 0 Å². The number of non-ortho nitro benzene ring substituents is 1. The molecular weight excluding hydrogens is 531 g/mol. The van der Waals surface area contributed by atoms with E-state index in [9.17, 15) is 19.3 Å². The molecule has 212 valence electrons. The number of halogens is 1. The summed E-state index contributed by atoms with van der Waals surface area (Å²) in [5, 5.41) is 12.5. The summed E-state index contributed by atoms with van der Waals surface area (Å²) >= 11 is 0. The predicted molar refractivity (Wildman–Crippen MR) is 162 cm³/mol. The van der Waals surface area contributed by atoms with Gasteiger partial charge < -0.3 is 14.4 Å². The third kappa shape index (κ3) is 5.61.